The van der Waals surface area contributed by atoms with Crippen molar-refractivity contribution in [2.24, 2.45) is 5.92 Å². The summed E-state index contributed by atoms with van der Waals surface area (Å²) in [5.41, 5.74) is 1.83. The van der Waals surface area contributed by atoms with Crippen LogP contribution in [0.15, 0.2) is 48.5 Å². The number of ether oxygens (including phenoxy) is 1. The minimum Gasteiger partial charge on any atom is -0.363 e. The van der Waals surface area contributed by atoms with E-state index in [1.807, 2.05) is 30.3 Å². The molecular weight excluding hydrogens is 449 g/mol. The van der Waals surface area contributed by atoms with Crippen molar-refractivity contribution in [1.29, 1.82) is 0 Å². The van der Waals surface area contributed by atoms with Gasteiger partial charge in [0.05, 0.1) is 12.1 Å². The Morgan fingerprint density at radius 3 is 2.66 bits per heavy atom. The second-order valence-electron chi connectivity index (χ2n) is 9.68. The zero-order chi connectivity index (χ0) is 24.5. The Balaban J connectivity index is 1.37. The standard InChI is InChI=1S/C27H30FN3O4/c1-17-11-12-19(15-21(17)28)29-23(32)16-31-24-20-9-5-6-10-22(20)35-25(24)26(33)30(27(31)34)14-13-18-7-3-2-4-8-18/h2-4,7-8,11-12,15,20,22,24-25H,5-6,9-10,13-14,16H2,1H3,(H,29,32). The van der Waals surface area contributed by atoms with Crippen LogP contribution >= 0.6 is 0 Å². The molecule has 0 spiro atoms. The molecule has 2 aromatic carbocycles. The maximum Gasteiger partial charge on any atom is 0.327 e. The highest BCUT2D eigenvalue weighted by Crippen LogP contribution is 2.43. The Labute approximate surface area is 204 Å². The van der Waals surface area contributed by atoms with Gasteiger partial charge in [0.15, 0.2) is 6.10 Å². The van der Waals surface area contributed by atoms with Gasteiger partial charge in [-0.3, -0.25) is 14.5 Å². The first-order valence-electron chi connectivity index (χ1n) is 12.3. The van der Waals surface area contributed by atoms with Crippen molar-refractivity contribution >= 4 is 23.5 Å². The first-order valence-corrected chi connectivity index (χ1v) is 12.3. The molecule has 1 aliphatic carbocycles. The highest BCUT2D eigenvalue weighted by atomic mass is 19.1. The molecular formula is C27H30FN3O4. The van der Waals surface area contributed by atoms with Crippen molar-refractivity contribution in [2.75, 3.05) is 18.4 Å². The van der Waals surface area contributed by atoms with Crippen LogP contribution in [0, 0.1) is 18.7 Å². The lowest BCUT2D eigenvalue weighted by Gasteiger charge is -2.43. The summed E-state index contributed by atoms with van der Waals surface area (Å²) < 4.78 is 20.2. The fraction of sp³-hybridized carbons (Fsp3) is 0.444. The number of nitrogens with zero attached hydrogens (tertiary/aromatic N) is 2. The summed E-state index contributed by atoms with van der Waals surface area (Å²) in [5.74, 6) is -1.13. The fourth-order valence-electron chi connectivity index (χ4n) is 5.60. The number of benzene rings is 2. The van der Waals surface area contributed by atoms with E-state index in [-0.39, 0.29) is 31.0 Å². The van der Waals surface area contributed by atoms with E-state index in [0.717, 1.165) is 31.2 Å². The van der Waals surface area contributed by atoms with E-state index >= 15 is 0 Å². The van der Waals surface area contributed by atoms with E-state index in [1.165, 1.54) is 15.9 Å². The van der Waals surface area contributed by atoms with E-state index < -0.39 is 29.9 Å². The molecule has 1 saturated carbocycles. The van der Waals surface area contributed by atoms with Crippen LogP contribution in [0.3, 0.4) is 0 Å². The molecule has 7 nitrogen and oxygen atoms in total. The lowest BCUT2D eigenvalue weighted by atomic mass is 9.81. The molecule has 35 heavy (non-hydrogen) atoms. The summed E-state index contributed by atoms with van der Waals surface area (Å²) in [6.07, 6.45) is 3.42. The summed E-state index contributed by atoms with van der Waals surface area (Å²) in [5, 5.41) is 2.70. The Kier molecular flexibility index (Phi) is 6.56. The van der Waals surface area contributed by atoms with Crippen molar-refractivity contribution in [3.05, 3.63) is 65.5 Å². The smallest absolute Gasteiger partial charge is 0.327 e. The topological polar surface area (TPSA) is 79.0 Å². The maximum absolute atomic E-state index is 14.0. The molecule has 3 aliphatic rings. The van der Waals surface area contributed by atoms with Gasteiger partial charge in [0.2, 0.25) is 5.91 Å². The van der Waals surface area contributed by atoms with E-state index in [1.54, 1.807) is 19.1 Å². The first kappa shape index (κ1) is 23.5. The third kappa shape index (κ3) is 4.67. The summed E-state index contributed by atoms with van der Waals surface area (Å²) in [6, 6.07) is 13.2. The van der Waals surface area contributed by atoms with Crippen LogP contribution in [0.2, 0.25) is 0 Å². The molecule has 2 aromatic rings. The minimum atomic E-state index is -0.763. The predicted octanol–water partition coefficient (Wildman–Crippen LogP) is 3.91. The summed E-state index contributed by atoms with van der Waals surface area (Å²) in [4.78, 5) is 42.7. The lowest BCUT2D eigenvalue weighted by Crippen LogP contribution is -2.65. The van der Waals surface area contributed by atoms with Crippen molar-refractivity contribution in [3.8, 4) is 0 Å². The van der Waals surface area contributed by atoms with Gasteiger partial charge in [-0.25, -0.2) is 9.18 Å². The van der Waals surface area contributed by atoms with Crippen molar-refractivity contribution in [3.63, 3.8) is 0 Å². The van der Waals surface area contributed by atoms with Gasteiger partial charge in [0.25, 0.3) is 5.91 Å². The van der Waals surface area contributed by atoms with Gasteiger partial charge in [-0.2, -0.15) is 0 Å². The zero-order valence-electron chi connectivity index (χ0n) is 19.8. The number of aryl methyl sites for hydroxylation is 1. The molecule has 0 radical (unpaired) electrons. The summed E-state index contributed by atoms with van der Waals surface area (Å²) >= 11 is 0. The molecule has 184 valence electrons. The van der Waals surface area contributed by atoms with Crippen molar-refractivity contribution in [1.82, 2.24) is 9.80 Å². The second kappa shape index (κ2) is 9.77. The number of anilines is 1. The quantitative estimate of drug-likeness (QED) is 0.682. The Hall–Kier alpha value is -3.26. The average Bonchev–Trinajstić information content (AvgIpc) is 3.24. The van der Waals surface area contributed by atoms with Gasteiger partial charge >= 0.3 is 6.03 Å². The molecule has 8 heteroatoms. The number of rotatable bonds is 6. The van der Waals surface area contributed by atoms with Gasteiger partial charge in [0.1, 0.15) is 12.4 Å². The third-order valence-electron chi connectivity index (χ3n) is 7.41. The van der Waals surface area contributed by atoms with Gasteiger partial charge < -0.3 is 15.0 Å². The Morgan fingerprint density at radius 2 is 1.89 bits per heavy atom. The Morgan fingerprint density at radius 1 is 1.11 bits per heavy atom. The van der Waals surface area contributed by atoms with Crippen molar-refractivity contribution in [2.45, 2.75) is 57.3 Å². The largest absolute Gasteiger partial charge is 0.363 e. The number of halogens is 1. The predicted molar refractivity (Wildman–Crippen MR) is 128 cm³/mol. The fourth-order valence-corrected chi connectivity index (χ4v) is 5.60. The van der Waals surface area contributed by atoms with E-state index in [9.17, 15) is 18.8 Å². The highest BCUT2D eigenvalue weighted by Gasteiger charge is 2.57. The number of nitrogens with one attached hydrogen (secondary N) is 1. The SMILES string of the molecule is Cc1ccc(NC(=O)CN2C(=O)N(CCc3ccccc3)C(=O)C3OC4CCCCC4C32)cc1F. The second-order valence-corrected chi connectivity index (χ2v) is 9.68. The normalized spacial score (nSPS) is 25.9. The number of amides is 4. The average molecular weight is 480 g/mol. The maximum atomic E-state index is 14.0. The van der Waals surface area contributed by atoms with Crippen LogP contribution in [-0.4, -0.2) is 59.0 Å². The van der Waals surface area contributed by atoms with Gasteiger partial charge in [-0.05, 0) is 49.4 Å². The number of imide groups is 1. The molecule has 1 N–H and O–H groups in total. The molecule has 5 rings (SSSR count). The summed E-state index contributed by atoms with van der Waals surface area (Å²) in [7, 11) is 0. The monoisotopic (exact) mass is 479 g/mol. The van der Waals surface area contributed by atoms with Crippen LogP contribution < -0.4 is 5.32 Å². The number of fused-ring (bicyclic) bond motifs is 3. The molecule has 2 saturated heterocycles. The molecule has 2 heterocycles. The number of hydrogen-bond acceptors (Lipinski definition) is 4. The minimum absolute atomic E-state index is 0.0301. The van der Waals surface area contributed by atoms with E-state index in [2.05, 4.69) is 5.32 Å². The first-order chi connectivity index (χ1) is 16.9. The number of hydrogen-bond donors (Lipinski definition) is 1. The number of carbonyl (C=O) groups excluding carboxylic acids is 3. The van der Waals surface area contributed by atoms with Crippen LogP contribution in [0.4, 0.5) is 14.9 Å². The molecule has 4 unspecified atom stereocenters. The summed E-state index contributed by atoms with van der Waals surface area (Å²) in [6.45, 7) is 1.64. The van der Waals surface area contributed by atoms with Crippen molar-refractivity contribution < 1.29 is 23.5 Å². The molecule has 4 atom stereocenters. The van der Waals surface area contributed by atoms with Gasteiger partial charge in [-0.15, -0.1) is 0 Å². The lowest BCUT2D eigenvalue weighted by molar-refractivity contribution is -0.147. The Bertz CT molecular complexity index is 1120. The third-order valence-corrected chi connectivity index (χ3v) is 7.41. The number of urea groups is 1. The molecule has 0 bridgehead atoms. The molecule has 4 amide bonds. The molecule has 2 aliphatic heterocycles. The van der Waals surface area contributed by atoms with Gasteiger partial charge in [-0.1, -0.05) is 49.2 Å². The van der Waals surface area contributed by atoms with Crippen LogP contribution in [-0.2, 0) is 20.7 Å². The van der Waals surface area contributed by atoms with Crippen LogP contribution in [0.5, 0.6) is 0 Å². The molecule has 0 aromatic heterocycles. The van der Waals surface area contributed by atoms with Gasteiger partial charge in [0, 0.05) is 18.2 Å². The number of carbonyl (C=O) groups is 3. The highest BCUT2D eigenvalue weighted by molar-refractivity contribution is 6.02. The zero-order valence-corrected chi connectivity index (χ0v) is 19.8. The van der Waals surface area contributed by atoms with Crippen LogP contribution in [0.1, 0.15) is 36.8 Å². The molecule has 3 fully saturated rings. The van der Waals surface area contributed by atoms with Crippen LogP contribution in [0.25, 0.3) is 0 Å². The van der Waals surface area contributed by atoms with E-state index in [0.29, 0.717) is 17.7 Å². The van der Waals surface area contributed by atoms with E-state index in [4.69, 9.17) is 4.74 Å².